The molecule has 1 aliphatic heterocycles. The summed E-state index contributed by atoms with van der Waals surface area (Å²) in [4.78, 5) is 0. The van der Waals surface area contributed by atoms with Crippen LogP contribution in [0.15, 0.2) is 0 Å². The zero-order valence-electron chi connectivity index (χ0n) is 5.86. The average Bonchev–Trinajstić information content (AvgIpc) is 2.17. The first-order valence-corrected chi connectivity index (χ1v) is 3.40. The fourth-order valence-corrected chi connectivity index (χ4v) is 1.23. The van der Waals surface area contributed by atoms with E-state index in [2.05, 4.69) is 5.32 Å². The Kier molecular flexibility index (Phi) is 2.25. The van der Waals surface area contributed by atoms with E-state index in [0.29, 0.717) is 0 Å². The molecule has 0 radical (unpaired) electrons. The predicted molar refractivity (Wildman–Crippen MR) is 35.5 cm³/mol. The molecule has 1 heterocycles. The summed E-state index contributed by atoms with van der Waals surface area (Å²) in [6.45, 7) is 1.63. The molecule has 0 aromatic heterocycles. The van der Waals surface area contributed by atoms with Crippen LogP contribution in [0.2, 0.25) is 0 Å². The number of nitrogens with one attached hydrogen (secondary N) is 1. The lowest BCUT2D eigenvalue weighted by Gasteiger charge is -2.11. The highest BCUT2D eigenvalue weighted by atomic mass is 16.3. The van der Waals surface area contributed by atoms with Crippen molar-refractivity contribution in [2.75, 3.05) is 6.61 Å². The van der Waals surface area contributed by atoms with Crippen molar-refractivity contribution < 1.29 is 15.3 Å². The fraction of sp³-hybridized carbons (Fsp3) is 1.00. The number of rotatable bonds is 1. The van der Waals surface area contributed by atoms with Gasteiger partial charge in [0, 0.05) is 6.04 Å². The monoisotopic (exact) mass is 147 g/mol. The third-order valence-corrected chi connectivity index (χ3v) is 1.95. The topological polar surface area (TPSA) is 72.7 Å². The van der Waals surface area contributed by atoms with Crippen molar-refractivity contribution in [1.29, 1.82) is 0 Å². The minimum Gasteiger partial charge on any atom is -0.395 e. The van der Waals surface area contributed by atoms with Gasteiger partial charge in [0.25, 0.3) is 0 Å². The minimum atomic E-state index is -0.833. The molecule has 0 spiro atoms. The van der Waals surface area contributed by atoms with Gasteiger partial charge in [-0.25, -0.2) is 0 Å². The summed E-state index contributed by atoms with van der Waals surface area (Å²) in [6.07, 6.45) is -1.59. The van der Waals surface area contributed by atoms with E-state index in [-0.39, 0.29) is 18.7 Å². The quantitative estimate of drug-likeness (QED) is 0.348. The number of aliphatic hydroxyl groups is 3. The van der Waals surface area contributed by atoms with Gasteiger partial charge in [0.05, 0.1) is 24.9 Å². The van der Waals surface area contributed by atoms with E-state index >= 15 is 0 Å². The molecule has 0 saturated carbocycles. The number of hydrogen-bond acceptors (Lipinski definition) is 4. The highest BCUT2D eigenvalue weighted by Gasteiger charge is 2.37. The minimum absolute atomic E-state index is 0.132. The van der Waals surface area contributed by atoms with Gasteiger partial charge in [0.1, 0.15) is 0 Å². The molecule has 0 aromatic rings. The molecular weight excluding hydrogens is 134 g/mol. The van der Waals surface area contributed by atoms with Crippen LogP contribution in [0.1, 0.15) is 6.92 Å². The molecule has 4 heteroatoms. The Hall–Kier alpha value is -0.160. The maximum absolute atomic E-state index is 9.16. The Morgan fingerprint density at radius 2 is 1.90 bits per heavy atom. The predicted octanol–water partition coefficient (Wildman–Crippen LogP) is -1.94. The van der Waals surface area contributed by atoms with Crippen molar-refractivity contribution in [3.63, 3.8) is 0 Å². The van der Waals surface area contributed by atoms with E-state index in [4.69, 9.17) is 15.3 Å². The molecule has 60 valence electrons. The molecule has 1 fully saturated rings. The standard InChI is InChI=1S/C6H13NO3/c1-3-5(9)6(10)4(2-8)7-3/h3-10H,2H2,1H3/t3-,4+,5-,6-/m1/s1. The highest BCUT2D eigenvalue weighted by Crippen LogP contribution is 2.12. The van der Waals surface area contributed by atoms with E-state index in [1.54, 1.807) is 6.92 Å². The maximum atomic E-state index is 9.16. The number of hydrogen-bond donors (Lipinski definition) is 4. The summed E-state index contributed by atoms with van der Waals surface area (Å²) in [6, 6.07) is -0.503. The van der Waals surface area contributed by atoms with Crippen LogP contribution in [0, 0.1) is 0 Å². The summed E-state index contributed by atoms with van der Waals surface area (Å²) in [5, 5.41) is 29.8. The third kappa shape index (κ3) is 1.15. The lowest BCUT2D eigenvalue weighted by molar-refractivity contribution is 0.0214. The molecule has 1 saturated heterocycles. The Morgan fingerprint density at radius 1 is 1.30 bits per heavy atom. The van der Waals surface area contributed by atoms with Gasteiger partial charge < -0.3 is 20.6 Å². The smallest absolute Gasteiger partial charge is 0.0989 e. The second-order valence-electron chi connectivity index (χ2n) is 2.73. The molecule has 0 aromatic carbocycles. The van der Waals surface area contributed by atoms with Gasteiger partial charge in [-0.2, -0.15) is 0 Å². The van der Waals surface area contributed by atoms with Crippen LogP contribution in [0.25, 0.3) is 0 Å². The van der Waals surface area contributed by atoms with Crippen LogP contribution >= 0.6 is 0 Å². The lowest BCUT2D eigenvalue weighted by atomic mass is 10.1. The largest absolute Gasteiger partial charge is 0.395 e. The molecule has 0 bridgehead atoms. The van der Waals surface area contributed by atoms with Crippen molar-refractivity contribution in [3.05, 3.63) is 0 Å². The van der Waals surface area contributed by atoms with Crippen molar-refractivity contribution in [2.24, 2.45) is 0 Å². The average molecular weight is 147 g/mol. The van der Waals surface area contributed by atoms with Gasteiger partial charge in [-0.15, -0.1) is 0 Å². The van der Waals surface area contributed by atoms with Gasteiger partial charge in [0.15, 0.2) is 0 Å². The van der Waals surface area contributed by atoms with E-state index in [9.17, 15) is 0 Å². The Balaban J connectivity index is 2.53. The number of aliphatic hydroxyl groups excluding tert-OH is 3. The Labute approximate surface area is 59.5 Å². The second kappa shape index (κ2) is 2.84. The highest BCUT2D eigenvalue weighted by molar-refractivity contribution is 4.95. The van der Waals surface area contributed by atoms with Crippen LogP contribution in [0.3, 0.4) is 0 Å². The van der Waals surface area contributed by atoms with E-state index in [1.165, 1.54) is 0 Å². The zero-order valence-corrected chi connectivity index (χ0v) is 5.86. The molecule has 10 heavy (non-hydrogen) atoms. The van der Waals surface area contributed by atoms with Crippen molar-refractivity contribution in [1.82, 2.24) is 5.32 Å². The second-order valence-corrected chi connectivity index (χ2v) is 2.73. The van der Waals surface area contributed by atoms with Gasteiger partial charge >= 0.3 is 0 Å². The van der Waals surface area contributed by atoms with Gasteiger partial charge in [-0.1, -0.05) is 0 Å². The van der Waals surface area contributed by atoms with Crippen LogP contribution < -0.4 is 5.32 Å². The first-order valence-electron chi connectivity index (χ1n) is 3.40. The van der Waals surface area contributed by atoms with Crippen molar-refractivity contribution in [3.8, 4) is 0 Å². The Morgan fingerprint density at radius 3 is 2.10 bits per heavy atom. The first-order chi connectivity index (χ1) is 4.66. The molecule has 0 aliphatic carbocycles. The summed E-state index contributed by atoms with van der Waals surface area (Å²) < 4.78 is 0. The summed E-state index contributed by atoms with van der Waals surface area (Å²) >= 11 is 0. The molecule has 4 nitrogen and oxygen atoms in total. The Bertz CT molecular complexity index is 120. The molecular formula is C6H13NO3. The van der Waals surface area contributed by atoms with Crippen LogP contribution in [-0.2, 0) is 0 Å². The van der Waals surface area contributed by atoms with E-state index in [0.717, 1.165) is 0 Å². The molecule has 0 amide bonds. The molecule has 1 rings (SSSR count). The zero-order chi connectivity index (χ0) is 7.72. The van der Waals surface area contributed by atoms with E-state index < -0.39 is 12.2 Å². The van der Waals surface area contributed by atoms with Crippen LogP contribution in [-0.4, -0.2) is 46.2 Å². The third-order valence-electron chi connectivity index (χ3n) is 1.95. The molecule has 0 unspecified atom stereocenters. The van der Waals surface area contributed by atoms with Crippen LogP contribution in [0.5, 0.6) is 0 Å². The van der Waals surface area contributed by atoms with Gasteiger partial charge in [-0.05, 0) is 6.92 Å². The fourth-order valence-electron chi connectivity index (χ4n) is 1.23. The molecule has 4 N–H and O–H groups in total. The normalized spacial score (nSPS) is 48.0. The SMILES string of the molecule is C[C@H]1N[C@@H](CO)[C@@H](O)[C@@H]1O. The maximum Gasteiger partial charge on any atom is 0.0989 e. The van der Waals surface area contributed by atoms with E-state index in [1.807, 2.05) is 0 Å². The van der Waals surface area contributed by atoms with Gasteiger partial charge in [-0.3, -0.25) is 0 Å². The summed E-state index contributed by atoms with van der Waals surface area (Å²) in [5.74, 6) is 0. The molecule has 1 aliphatic rings. The first kappa shape index (κ1) is 7.94. The van der Waals surface area contributed by atoms with Crippen LogP contribution in [0.4, 0.5) is 0 Å². The van der Waals surface area contributed by atoms with Crippen molar-refractivity contribution >= 4 is 0 Å². The molecule has 4 atom stereocenters. The van der Waals surface area contributed by atoms with Crippen molar-refractivity contribution in [2.45, 2.75) is 31.2 Å². The summed E-state index contributed by atoms with van der Waals surface area (Å²) in [5.41, 5.74) is 0. The summed E-state index contributed by atoms with van der Waals surface area (Å²) in [7, 11) is 0. The van der Waals surface area contributed by atoms with Gasteiger partial charge in [0.2, 0.25) is 0 Å². The lowest BCUT2D eigenvalue weighted by Crippen LogP contribution is -2.36.